The van der Waals surface area contributed by atoms with Crippen LogP contribution in [0.15, 0.2) is 63.7 Å². The van der Waals surface area contributed by atoms with Gasteiger partial charge < -0.3 is 15.3 Å². The molecule has 0 atom stereocenters. The molecule has 0 aliphatic carbocycles. The SMILES string of the molecule is Cc1c(O)c(N=Nc2c(O)c(C(=O)O)c(C)c3ccccc23)c2ccccc2c1S(=O)(=O)O. The molecule has 4 N–H and O–H groups in total. The zero-order chi connectivity index (χ0) is 24.1. The number of aromatic hydroxyl groups is 2. The number of aryl methyl sites for hydroxylation is 1. The number of aromatic carboxylic acids is 1. The first-order chi connectivity index (χ1) is 15.5. The average Bonchev–Trinajstić information content (AvgIpc) is 2.75. The van der Waals surface area contributed by atoms with E-state index in [1.807, 2.05) is 0 Å². The van der Waals surface area contributed by atoms with E-state index in [1.54, 1.807) is 43.3 Å². The van der Waals surface area contributed by atoms with Gasteiger partial charge in [0, 0.05) is 21.7 Å². The third-order valence-electron chi connectivity index (χ3n) is 5.49. The van der Waals surface area contributed by atoms with Crippen LogP contribution in [0, 0.1) is 13.8 Å². The van der Waals surface area contributed by atoms with Gasteiger partial charge in [0.1, 0.15) is 27.6 Å². The number of carbonyl (C=O) groups is 1. The Morgan fingerprint density at radius 2 is 1.21 bits per heavy atom. The Balaban J connectivity index is 2.06. The molecule has 0 aromatic heterocycles. The van der Waals surface area contributed by atoms with Crippen LogP contribution in [-0.4, -0.2) is 34.3 Å². The molecular formula is C23H18N2O7S. The van der Waals surface area contributed by atoms with E-state index in [4.69, 9.17) is 0 Å². The van der Waals surface area contributed by atoms with Crippen molar-refractivity contribution in [2.75, 3.05) is 0 Å². The lowest BCUT2D eigenvalue weighted by Gasteiger charge is -2.13. The van der Waals surface area contributed by atoms with Gasteiger partial charge in [-0.05, 0) is 24.8 Å². The highest BCUT2D eigenvalue weighted by molar-refractivity contribution is 7.86. The molecule has 4 aromatic rings. The summed E-state index contributed by atoms with van der Waals surface area (Å²) in [5, 5.41) is 40.4. The molecule has 0 spiro atoms. The molecule has 0 heterocycles. The van der Waals surface area contributed by atoms with Crippen molar-refractivity contribution in [1.82, 2.24) is 0 Å². The van der Waals surface area contributed by atoms with Crippen LogP contribution >= 0.6 is 0 Å². The number of hydrogen-bond donors (Lipinski definition) is 4. The second-order valence-corrected chi connectivity index (χ2v) is 8.78. The summed E-state index contributed by atoms with van der Waals surface area (Å²) in [6, 6.07) is 12.8. The number of benzene rings is 4. The van der Waals surface area contributed by atoms with E-state index in [-0.39, 0.29) is 33.3 Å². The Bertz CT molecular complexity index is 1610. The largest absolute Gasteiger partial charge is 0.505 e. The topological polar surface area (TPSA) is 157 Å². The van der Waals surface area contributed by atoms with Gasteiger partial charge in [-0.2, -0.15) is 8.42 Å². The first-order valence-corrected chi connectivity index (χ1v) is 11.1. The summed E-state index contributed by atoms with van der Waals surface area (Å²) in [6.07, 6.45) is 0. The Hall–Kier alpha value is -4.02. The molecule has 10 heteroatoms. The van der Waals surface area contributed by atoms with Gasteiger partial charge in [0.05, 0.1) is 0 Å². The minimum Gasteiger partial charge on any atom is -0.505 e. The maximum absolute atomic E-state index is 11.9. The number of azo groups is 1. The molecule has 0 unspecified atom stereocenters. The van der Waals surface area contributed by atoms with Crippen LogP contribution in [0.1, 0.15) is 21.5 Å². The van der Waals surface area contributed by atoms with E-state index in [2.05, 4.69) is 10.2 Å². The number of carboxylic acids is 1. The molecular weight excluding hydrogens is 448 g/mol. The zero-order valence-corrected chi connectivity index (χ0v) is 18.3. The van der Waals surface area contributed by atoms with Crippen molar-refractivity contribution in [3.8, 4) is 11.5 Å². The molecule has 4 rings (SSSR count). The summed E-state index contributed by atoms with van der Waals surface area (Å²) in [7, 11) is -4.66. The standard InChI is InChI=1S/C23H18N2O7S/c1-11-13-7-3-4-8-14(13)19(21(27)17(11)23(28)29)25-24-18-15-9-5-6-10-16(15)22(33(30,31)32)12(2)20(18)26/h3-10,26-27H,1-2H3,(H,28,29)(H,30,31,32). The molecule has 9 nitrogen and oxygen atoms in total. The van der Waals surface area contributed by atoms with Crippen LogP contribution in [0.3, 0.4) is 0 Å². The molecule has 0 saturated heterocycles. The highest BCUT2D eigenvalue weighted by atomic mass is 32.2. The predicted octanol–water partition coefficient (Wildman–Crippen LogP) is 5.38. The Morgan fingerprint density at radius 1 is 0.758 bits per heavy atom. The number of phenols is 2. The summed E-state index contributed by atoms with van der Waals surface area (Å²) >= 11 is 0. The monoisotopic (exact) mass is 466 g/mol. The molecule has 0 bridgehead atoms. The van der Waals surface area contributed by atoms with Crippen LogP contribution in [0.2, 0.25) is 0 Å². The van der Waals surface area contributed by atoms with Crippen LogP contribution in [0.4, 0.5) is 11.4 Å². The van der Waals surface area contributed by atoms with E-state index in [0.717, 1.165) is 0 Å². The third kappa shape index (κ3) is 3.55. The Morgan fingerprint density at radius 3 is 1.73 bits per heavy atom. The molecule has 33 heavy (non-hydrogen) atoms. The normalized spacial score (nSPS) is 12.1. The smallest absolute Gasteiger partial charge is 0.339 e. The van der Waals surface area contributed by atoms with E-state index in [0.29, 0.717) is 16.3 Å². The number of phenolic OH excluding ortho intramolecular Hbond substituents is 1. The van der Waals surface area contributed by atoms with Crippen LogP contribution in [-0.2, 0) is 10.1 Å². The van der Waals surface area contributed by atoms with Gasteiger partial charge in [0.15, 0.2) is 5.75 Å². The minimum atomic E-state index is -4.66. The number of fused-ring (bicyclic) bond motifs is 2. The Labute approximate surface area is 188 Å². The molecule has 0 fully saturated rings. The summed E-state index contributed by atoms with van der Waals surface area (Å²) in [6.45, 7) is 2.88. The number of hydrogen-bond acceptors (Lipinski definition) is 7. The molecule has 0 aliphatic heterocycles. The van der Waals surface area contributed by atoms with Gasteiger partial charge in [-0.1, -0.05) is 48.5 Å². The van der Waals surface area contributed by atoms with Crippen molar-refractivity contribution in [3.05, 3.63) is 65.2 Å². The lowest BCUT2D eigenvalue weighted by molar-refractivity contribution is 0.0693. The van der Waals surface area contributed by atoms with Gasteiger partial charge in [-0.25, -0.2) is 4.79 Å². The minimum absolute atomic E-state index is 0.101. The first-order valence-electron chi connectivity index (χ1n) is 9.65. The summed E-state index contributed by atoms with van der Waals surface area (Å²) in [5.74, 6) is -2.45. The fraction of sp³-hybridized carbons (Fsp3) is 0.0870. The van der Waals surface area contributed by atoms with Gasteiger partial charge in [-0.15, -0.1) is 10.2 Å². The van der Waals surface area contributed by atoms with Crippen molar-refractivity contribution in [1.29, 1.82) is 0 Å². The predicted molar refractivity (Wildman–Crippen MR) is 122 cm³/mol. The Kier molecular flexibility index (Phi) is 5.27. The molecule has 168 valence electrons. The first kappa shape index (κ1) is 22.2. The maximum atomic E-state index is 11.9. The van der Waals surface area contributed by atoms with Gasteiger partial charge >= 0.3 is 5.97 Å². The average molecular weight is 466 g/mol. The lowest BCUT2D eigenvalue weighted by Crippen LogP contribution is -2.02. The highest BCUT2D eigenvalue weighted by Crippen LogP contribution is 2.46. The van der Waals surface area contributed by atoms with E-state index >= 15 is 0 Å². The summed E-state index contributed by atoms with van der Waals surface area (Å²) in [4.78, 5) is 11.3. The molecule has 4 aromatic carbocycles. The molecule has 0 radical (unpaired) electrons. The fourth-order valence-corrected chi connectivity index (χ4v) is 4.91. The van der Waals surface area contributed by atoms with Gasteiger partial charge in [-0.3, -0.25) is 4.55 Å². The maximum Gasteiger partial charge on any atom is 0.339 e. The summed E-state index contributed by atoms with van der Waals surface area (Å²) < 4.78 is 33.5. The van der Waals surface area contributed by atoms with Crippen LogP contribution < -0.4 is 0 Å². The number of nitrogens with zero attached hydrogens (tertiary/aromatic N) is 2. The van der Waals surface area contributed by atoms with Crippen molar-refractivity contribution in [2.24, 2.45) is 10.2 Å². The highest BCUT2D eigenvalue weighted by Gasteiger charge is 2.25. The lowest BCUT2D eigenvalue weighted by atomic mass is 9.97. The quantitative estimate of drug-likeness (QED) is 0.232. The second kappa shape index (κ2) is 7.84. The van der Waals surface area contributed by atoms with Crippen LogP contribution in [0.5, 0.6) is 11.5 Å². The third-order valence-corrected chi connectivity index (χ3v) is 6.53. The van der Waals surface area contributed by atoms with E-state index in [9.17, 15) is 33.1 Å². The second-order valence-electron chi connectivity index (χ2n) is 7.42. The van der Waals surface area contributed by atoms with Gasteiger partial charge in [0.2, 0.25) is 0 Å². The van der Waals surface area contributed by atoms with Crippen molar-refractivity contribution >= 4 is 49.0 Å². The van der Waals surface area contributed by atoms with Crippen molar-refractivity contribution in [2.45, 2.75) is 18.7 Å². The summed E-state index contributed by atoms with van der Waals surface area (Å²) in [5.41, 5.74) is -0.315. The van der Waals surface area contributed by atoms with Gasteiger partial charge in [0.25, 0.3) is 10.1 Å². The zero-order valence-electron chi connectivity index (χ0n) is 17.4. The van der Waals surface area contributed by atoms with Crippen molar-refractivity contribution < 1.29 is 33.1 Å². The van der Waals surface area contributed by atoms with Crippen molar-refractivity contribution in [3.63, 3.8) is 0 Å². The van der Waals surface area contributed by atoms with E-state index in [1.165, 1.54) is 19.1 Å². The van der Waals surface area contributed by atoms with Crippen LogP contribution in [0.25, 0.3) is 21.5 Å². The number of carboxylic acid groups (broad SMARTS) is 1. The number of rotatable bonds is 4. The molecule has 0 aliphatic rings. The molecule has 0 amide bonds. The fourth-order valence-electron chi connectivity index (χ4n) is 3.97. The van der Waals surface area contributed by atoms with E-state index < -0.39 is 32.5 Å². The molecule has 0 saturated carbocycles.